The topological polar surface area (TPSA) is 65.8 Å². The van der Waals surface area contributed by atoms with Crippen molar-refractivity contribution in [1.82, 2.24) is 10.3 Å². The van der Waals surface area contributed by atoms with Gasteiger partial charge >= 0.3 is 0 Å². The van der Waals surface area contributed by atoms with E-state index < -0.39 is 5.54 Å². The molecular weight excluding hydrogens is 273 g/mol. The Morgan fingerprint density at radius 3 is 2.72 bits per heavy atom. The molecule has 0 unspecified atom stereocenters. The SMILES string of the molecule is N#CC1(NC(=O)c2cc(Cl)ncc2Cl)CCCC1. The van der Waals surface area contributed by atoms with Crippen LogP contribution in [0.5, 0.6) is 0 Å². The number of hydrogen-bond acceptors (Lipinski definition) is 3. The van der Waals surface area contributed by atoms with Crippen LogP contribution in [0.3, 0.4) is 0 Å². The van der Waals surface area contributed by atoms with Gasteiger partial charge in [-0.1, -0.05) is 23.2 Å². The first-order valence-corrected chi connectivity index (χ1v) is 6.37. The number of hydrogen-bond donors (Lipinski definition) is 1. The molecule has 1 saturated carbocycles. The Hall–Kier alpha value is -1.31. The maximum atomic E-state index is 12.1. The number of nitriles is 1. The summed E-state index contributed by atoms with van der Waals surface area (Å²) in [5.41, 5.74) is -0.519. The van der Waals surface area contributed by atoms with Gasteiger partial charge in [0, 0.05) is 6.20 Å². The highest BCUT2D eigenvalue weighted by Crippen LogP contribution is 2.29. The number of aromatic nitrogens is 1. The number of halogens is 2. The molecule has 1 fully saturated rings. The highest BCUT2D eigenvalue weighted by atomic mass is 35.5. The predicted octanol–water partition coefficient (Wildman–Crippen LogP) is 2.95. The van der Waals surface area contributed by atoms with Gasteiger partial charge < -0.3 is 5.32 Å². The lowest BCUT2D eigenvalue weighted by molar-refractivity contribution is 0.0920. The minimum atomic E-state index is -0.768. The van der Waals surface area contributed by atoms with Crippen LogP contribution in [-0.2, 0) is 0 Å². The minimum absolute atomic E-state index is 0.196. The van der Waals surface area contributed by atoms with Crippen molar-refractivity contribution in [3.05, 3.63) is 28.0 Å². The number of nitrogens with one attached hydrogen (secondary N) is 1. The molecule has 0 atom stereocenters. The van der Waals surface area contributed by atoms with Gasteiger partial charge in [0.25, 0.3) is 5.91 Å². The summed E-state index contributed by atoms with van der Waals surface area (Å²) in [7, 11) is 0. The maximum Gasteiger partial charge on any atom is 0.254 e. The van der Waals surface area contributed by atoms with E-state index in [1.54, 1.807) is 0 Å². The molecule has 0 radical (unpaired) electrons. The molecule has 0 aliphatic heterocycles. The van der Waals surface area contributed by atoms with E-state index in [9.17, 15) is 10.1 Å². The fraction of sp³-hybridized carbons (Fsp3) is 0.417. The fourth-order valence-electron chi connectivity index (χ4n) is 2.12. The second-order valence-electron chi connectivity index (χ2n) is 4.34. The fourth-order valence-corrected chi connectivity index (χ4v) is 2.46. The van der Waals surface area contributed by atoms with Crippen LogP contribution in [0, 0.1) is 11.3 Å². The van der Waals surface area contributed by atoms with E-state index in [0.29, 0.717) is 12.8 Å². The van der Waals surface area contributed by atoms with E-state index in [-0.39, 0.29) is 21.6 Å². The van der Waals surface area contributed by atoms with Crippen molar-refractivity contribution in [3.63, 3.8) is 0 Å². The Morgan fingerprint density at radius 1 is 1.44 bits per heavy atom. The van der Waals surface area contributed by atoms with Gasteiger partial charge in [-0.05, 0) is 31.7 Å². The molecule has 0 aromatic carbocycles. The largest absolute Gasteiger partial charge is 0.334 e. The van der Waals surface area contributed by atoms with Gasteiger partial charge in [0.1, 0.15) is 10.7 Å². The van der Waals surface area contributed by atoms with Crippen LogP contribution in [0.25, 0.3) is 0 Å². The third-order valence-corrected chi connectivity index (χ3v) is 3.60. The maximum absolute atomic E-state index is 12.1. The Balaban J connectivity index is 2.22. The number of nitrogens with zero attached hydrogens (tertiary/aromatic N) is 2. The summed E-state index contributed by atoms with van der Waals surface area (Å²) in [6.45, 7) is 0. The molecule has 0 spiro atoms. The molecule has 6 heteroatoms. The van der Waals surface area contributed by atoms with Gasteiger partial charge in [-0.3, -0.25) is 4.79 Å². The molecule has 1 amide bonds. The first kappa shape index (κ1) is 13.1. The van der Waals surface area contributed by atoms with Gasteiger partial charge in [0.2, 0.25) is 0 Å². The average Bonchev–Trinajstić information content (AvgIpc) is 2.81. The highest BCUT2D eigenvalue weighted by molar-refractivity contribution is 6.35. The monoisotopic (exact) mass is 283 g/mol. The van der Waals surface area contributed by atoms with Crippen LogP contribution in [0.15, 0.2) is 12.3 Å². The van der Waals surface area contributed by atoms with Gasteiger partial charge in [-0.25, -0.2) is 4.98 Å². The number of carbonyl (C=O) groups is 1. The normalized spacial score (nSPS) is 17.2. The summed E-state index contributed by atoms with van der Waals surface area (Å²) < 4.78 is 0. The quantitative estimate of drug-likeness (QED) is 0.849. The summed E-state index contributed by atoms with van der Waals surface area (Å²) in [5, 5.41) is 12.4. The first-order chi connectivity index (χ1) is 8.56. The van der Waals surface area contributed by atoms with Crippen molar-refractivity contribution in [2.75, 3.05) is 0 Å². The van der Waals surface area contributed by atoms with E-state index in [1.807, 2.05) is 0 Å². The molecule has 1 aromatic rings. The van der Waals surface area contributed by atoms with Crippen molar-refractivity contribution < 1.29 is 4.79 Å². The molecule has 0 bridgehead atoms. The highest BCUT2D eigenvalue weighted by Gasteiger charge is 2.35. The number of rotatable bonds is 2. The first-order valence-electron chi connectivity index (χ1n) is 5.61. The summed E-state index contributed by atoms with van der Waals surface area (Å²) >= 11 is 11.6. The zero-order valence-electron chi connectivity index (χ0n) is 9.54. The molecule has 18 heavy (non-hydrogen) atoms. The molecule has 1 N–H and O–H groups in total. The summed E-state index contributed by atoms with van der Waals surface area (Å²) in [5.74, 6) is -0.382. The molecule has 0 saturated heterocycles. The van der Waals surface area contributed by atoms with E-state index in [2.05, 4.69) is 16.4 Å². The predicted molar refractivity (Wildman–Crippen MR) is 68.5 cm³/mol. The zero-order valence-corrected chi connectivity index (χ0v) is 11.1. The Kier molecular flexibility index (Phi) is 3.74. The molecule has 2 rings (SSSR count). The van der Waals surface area contributed by atoms with Crippen LogP contribution in [0.2, 0.25) is 10.2 Å². The average molecular weight is 284 g/mol. The number of pyridine rings is 1. The number of carbonyl (C=O) groups excluding carboxylic acids is 1. The molecule has 1 aromatic heterocycles. The Morgan fingerprint density at radius 2 is 2.11 bits per heavy atom. The minimum Gasteiger partial charge on any atom is -0.334 e. The van der Waals surface area contributed by atoms with E-state index in [4.69, 9.17) is 23.2 Å². The van der Waals surface area contributed by atoms with E-state index in [0.717, 1.165) is 12.8 Å². The van der Waals surface area contributed by atoms with Crippen molar-refractivity contribution in [2.24, 2.45) is 0 Å². The summed E-state index contributed by atoms with van der Waals surface area (Å²) in [6, 6.07) is 3.59. The number of amides is 1. The van der Waals surface area contributed by atoms with Crippen LogP contribution in [-0.4, -0.2) is 16.4 Å². The van der Waals surface area contributed by atoms with Crippen LogP contribution in [0.1, 0.15) is 36.0 Å². The zero-order chi connectivity index (χ0) is 13.2. The third-order valence-electron chi connectivity index (χ3n) is 3.09. The lowest BCUT2D eigenvalue weighted by Crippen LogP contribution is -2.45. The van der Waals surface area contributed by atoms with Gasteiger partial charge in [0.05, 0.1) is 16.7 Å². The van der Waals surface area contributed by atoms with E-state index >= 15 is 0 Å². The molecule has 4 nitrogen and oxygen atoms in total. The van der Waals surface area contributed by atoms with Crippen molar-refractivity contribution in [3.8, 4) is 6.07 Å². The molecule has 1 aliphatic carbocycles. The summed E-state index contributed by atoms with van der Waals surface area (Å²) in [6.07, 6.45) is 4.56. The Labute approximate surface area is 115 Å². The lowest BCUT2D eigenvalue weighted by atomic mass is 9.99. The van der Waals surface area contributed by atoms with Gasteiger partial charge in [-0.2, -0.15) is 5.26 Å². The molecule has 94 valence electrons. The standard InChI is InChI=1S/C12H11Cl2N3O/c13-9-6-16-10(14)5-8(9)11(18)17-12(7-15)3-1-2-4-12/h5-6H,1-4H2,(H,17,18). The van der Waals surface area contributed by atoms with Crippen LogP contribution < -0.4 is 5.32 Å². The molecular formula is C12H11Cl2N3O. The van der Waals surface area contributed by atoms with Crippen molar-refractivity contribution in [1.29, 1.82) is 5.26 Å². The van der Waals surface area contributed by atoms with Crippen molar-refractivity contribution in [2.45, 2.75) is 31.2 Å². The molecule has 1 heterocycles. The van der Waals surface area contributed by atoms with E-state index in [1.165, 1.54) is 12.3 Å². The Bertz CT molecular complexity index is 519. The lowest BCUT2D eigenvalue weighted by Gasteiger charge is -2.22. The van der Waals surface area contributed by atoms with Crippen LogP contribution in [0.4, 0.5) is 0 Å². The van der Waals surface area contributed by atoms with Gasteiger partial charge in [-0.15, -0.1) is 0 Å². The third kappa shape index (κ3) is 2.58. The second kappa shape index (κ2) is 5.13. The summed E-state index contributed by atoms with van der Waals surface area (Å²) in [4.78, 5) is 15.9. The molecule has 1 aliphatic rings. The van der Waals surface area contributed by atoms with Crippen LogP contribution >= 0.6 is 23.2 Å². The second-order valence-corrected chi connectivity index (χ2v) is 5.14. The smallest absolute Gasteiger partial charge is 0.254 e. The van der Waals surface area contributed by atoms with Crippen molar-refractivity contribution >= 4 is 29.1 Å². The van der Waals surface area contributed by atoms with Gasteiger partial charge in [0.15, 0.2) is 0 Å².